The summed E-state index contributed by atoms with van der Waals surface area (Å²) in [5.74, 6) is 0.311. The van der Waals surface area contributed by atoms with E-state index in [9.17, 15) is 13.2 Å². The first-order valence-corrected chi connectivity index (χ1v) is 7.78. The van der Waals surface area contributed by atoms with Crippen LogP contribution in [0.25, 0.3) is 27.7 Å². The fourth-order valence-corrected chi connectivity index (χ4v) is 2.88. The number of aromatic nitrogens is 4. The van der Waals surface area contributed by atoms with Gasteiger partial charge < -0.3 is 5.73 Å². The first-order chi connectivity index (χ1) is 12.3. The fourth-order valence-electron chi connectivity index (χ4n) is 2.88. The number of hydrogen-bond acceptors (Lipinski definition) is 3. The Morgan fingerprint density at radius 3 is 2.35 bits per heavy atom. The Hall–Kier alpha value is -3.29. The number of anilines is 1. The molecule has 2 heterocycles. The minimum absolute atomic E-state index is 0.311. The number of nitrogens with zero attached hydrogens (tertiary/aromatic N) is 4. The van der Waals surface area contributed by atoms with E-state index in [0.717, 1.165) is 34.2 Å². The molecular formula is C18H14F3N5. The van der Waals surface area contributed by atoms with Gasteiger partial charge in [-0.3, -0.25) is 4.68 Å². The zero-order valence-electron chi connectivity index (χ0n) is 13.7. The van der Waals surface area contributed by atoms with Gasteiger partial charge in [0, 0.05) is 24.2 Å². The van der Waals surface area contributed by atoms with Crippen molar-refractivity contribution in [1.82, 2.24) is 19.6 Å². The largest absolute Gasteiger partial charge is 0.416 e. The van der Waals surface area contributed by atoms with Crippen LogP contribution in [0.2, 0.25) is 0 Å². The smallest absolute Gasteiger partial charge is 0.382 e. The molecule has 0 aliphatic carbocycles. The Balaban J connectivity index is 1.79. The summed E-state index contributed by atoms with van der Waals surface area (Å²) in [6, 6.07) is 10.5. The zero-order valence-corrected chi connectivity index (χ0v) is 13.7. The van der Waals surface area contributed by atoms with Gasteiger partial charge in [-0.2, -0.15) is 18.3 Å². The van der Waals surface area contributed by atoms with E-state index in [-0.39, 0.29) is 0 Å². The predicted molar refractivity (Wildman–Crippen MR) is 92.7 cm³/mol. The molecule has 0 amide bonds. The molecule has 2 N–H and O–H groups in total. The van der Waals surface area contributed by atoms with Crippen LogP contribution in [0.4, 0.5) is 19.0 Å². The topological polar surface area (TPSA) is 61.7 Å². The van der Waals surface area contributed by atoms with Gasteiger partial charge in [-0.15, -0.1) is 5.10 Å². The Bertz CT molecular complexity index is 1090. The van der Waals surface area contributed by atoms with E-state index < -0.39 is 11.7 Å². The number of alkyl halides is 3. The van der Waals surface area contributed by atoms with E-state index in [1.807, 2.05) is 31.4 Å². The molecule has 0 spiro atoms. The van der Waals surface area contributed by atoms with Crippen molar-refractivity contribution in [3.8, 4) is 16.8 Å². The second-order valence-electron chi connectivity index (χ2n) is 5.98. The molecule has 132 valence electrons. The molecule has 0 radical (unpaired) electrons. The first kappa shape index (κ1) is 16.2. The van der Waals surface area contributed by atoms with Crippen molar-refractivity contribution in [3.05, 3.63) is 60.4 Å². The predicted octanol–water partition coefficient (Wildman–Crippen LogP) is 4.03. The van der Waals surface area contributed by atoms with Crippen molar-refractivity contribution in [3.63, 3.8) is 0 Å². The van der Waals surface area contributed by atoms with Crippen LogP contribution in [-0.2, 0) is 13.2 Å². The molecule has 4 aromatic rings. The molecule has 0 aliphatic rings. The minimum Gasteiger partial charge on any atom is -0.382 e. The van der Waals surface area contributed by atoms with Crippen molar-refractivity contribution in [1.29, 1.82) is 0 Å². The van der Waals surface area contributed by atoms with E-state index >= 15 is 0 Å². The highest BCUT2D eigenvalue weighted by Gasteiger charge is 2.30. The van der Waals surface area contributed by atoms with Crippen LogP contribution in [0.15, 0.2) is 54.9 Å². The van der Waals surface area contributed by atoms with Gasteiger partial charge in [0.05, 0.1) is 23.0 Å². The number of aryl methyl sites for hydroxylation is 1. The summed E-state index contributed by atoms with van der Waals surface area (Å²) in [6.45, 7) is 0. The van der Waals surface area contributed by atoms with Crippen molar-refractivity contribution in [2.45, 2.75) is 6.18 Å². The van der Waals surface area contributed by atoms with E-state index in [0.29, 0.717) is 11.5 Å². The number of halogens is 3. The maximum atomic E-state index is 12.7. The lowest BCUT2D eigenvalue weighted by molar-refractivity contribution is -0.137. The lowest BCUT2D eigenvalue weighted by atomic mass is 10.1. The summed E-state index contributed by atoms with van der Waals surface area (Å²) in [4.78, 5) is 0. The summed E-state index contributed by atoms with van der Waals surface area (Å²) >= 11 is 0. The average Bonchev–Trinajstić information content (AvgIpc) is 3.18. The van der Waals surface area contributed by atoms with Crippen LogP contribution < -0.4 is 5.73 Å². The molecule has 0 unspecified atom stereocenters. The molecule has 0 saturated carbocycles. The van der Waals surface area contributed by atoms with E-state index in [1.54, 1.807) is 10.9 Å². The summed E-state index contributed by atoms with van der Waals surface area (Å²) < 4.78 is 41.5. The number of hydrogen-bond donors (Lipinski definition) is 1. The van der Waals surface area contributed by atoms with Crippen LogP contribution in [0, 0.1) is 0 Å². The lowest BCUT2D eigenvalue weighted by Gasteiger charge is -2.08. The molecule has 4 rings (SSSR count). The first-order valence-electron chi connectivity index (χ1n) is 7.78. The quantitative estimate of drug-likeness (QED) is 0.589. The Labute approximate surface area is 146 Å². The van der Waals surface area contributed by atoms with Gasteiger partial charge in [0.2, 0.25) is 0 Å². The number of nitrogen functional groups attached to an aromatic ring is 1. The van der Waals surface area contributed by atoms with Gasteiger partial charge in [0.25, 0.3) is 0 Å². The second kappa shape index (κ2) is 5.62. The van der Waals surface area contributed by atoms with Gasteiger partial charge in [0.15, 0.2) is 5.82 Å². The summed E-state index contributed by atoms with van der Waals surface area (Å²) in [5, 5.41) is 9.16. The minimum atomic E-state index is -4.37. The van der Waals surface area contributed by atoms with Crippen molar-refractivity contribution in [2.24, 2.45) is 7.05 Å². The summed E-state index contributed by atoms with van der Waals surface area (Å²) in [5.41, 5.74) is 8.43. The van der Waals surface area contributed by atoms with Crippen molar-refractivity contribution >= 4 is 16.7 Å². The standard InChI is InChI=1S/C18H14F3N5/c1-25-10-12(9-23-25)11-2-7-16-15(8-11)17(22)24-26(16)14-5-3-13(4-6-14)18(19,20)21/h2-10H,1H3,(H2,22,24). The van der Waals surface area contributed by atoms with Gasteiger partial charge in [-0.05, 0) is 42.0 Å². The molecule has 0 bridgehead atoms. The van der Waals surface area contributed by atoms with Gasteiger partial charge in [-0.25, -0.2) is 4.68 Å². The number of benzene rings is 2. The van der Waals surface area contributed by atoms with Crippen LogP contribution in [0.3, 0.4) is 0 Å². The van der Waals surface area contributed by atoms with Crippen LogP contribution in [-0.4, -0.2) is 19.6 Å². The Morgan fingerprint density at radius 1 is 1.00 bits per heavy atom. The Morgan fingerprint density at radius 2 is 1.73 bits per heavy atom. The molecule has 0 saturated heterocycles. The summed E-state index contributed by atoms with van der Waals surface area (Å²) in [6.07, 6.45) is -0.738. The van der Waals surface area contributed by atoms with Crippen LogP contribution >= 0.6 is 0 Å². The number of rotatable bonds is 2. The molecule has 5 nitrogen and oxygen atoms in total. The highest BCUT2D eigenvalue weighted by molar-refractivity contribution is 5.93. The van der Waals surface area contributed by atoms with Gasteiger partial charge in [0.1, 0.15) is 0 Å². The maximum absolute atomic E-state index is 12.7. The summed E-state index contributed by atoms with van der Waals surface area (Å²) in [7, 11) is 1.83. The number of nitrogens with two attached hydrogens (primary N) is 1. The third kappa shape index (κ3) is 2.69. The van der Waals surface area contributed by atoms with Crippen LogP contribution in [0.5, 0.6) is 0 Å². The molecule has 2 aromatic carbocycles. The molecule has 2 aromatic heterocycles. The maximum Gasteiger partial charge on any atom is 0.416 e. The molecule has 8 heteroatoms. The third-order valence-corrected chi connectivity index (χ3v) is 4.19. The molecule has 26 heavy (non-hydrogen) atoms. The van der Waals surface area contributed by atoms with Crippen molar-refractivity contribution < 1.29 is 13.2 Å². The monoisotopic (exact) mass is 357 g/mol. The highest BCUT2D eigenvalue weighted by atomic mass is 19.4. The van der Waals surface area contributed by atoms with Crippen LogP contribution in [0.1, 0.15) is 5.56 Å². The highest BCUT2D eigenvalue weighted by Crippen LogP contribution is 2.32. The molecule has 0 atom stereocenters. The van der Waals surface area contributed by atoms with Gasteiger partial charge >= 0.3 is 6.18 Å². The van der Waals surface area contributed by atoms with Gasteiger partial charge in [-0.1, -0.05) is 6.07 Å². The fraction of sp³-hybridized carbons (Fsp3) is 0.111. The zero-order chi connectivity index (χ0) is 18.5. The molecular weight excluding hydrogens is 343 g/mol. The van der Waals surface area contributed by atoms with E-state index in [1.165, 1.54) is 16.8 Å². The lowest BCUT2D eigenvalue weighted by Crippen LogP contribution is -2.05. The normalized spacial score (nSPS) is 12.0. The SMILES string of the molecule is Cn1cc(-c2ccc3c(c2)c(N)nn3-c2ccc(C(F)(F)F)cc2)cn1. The average molecular weight is 357 g/mol. The van der Waals surface area contributed by atoms with Crippen molar-refractivity contribution in [2.75, 3.05) is 5.73 Å². The number of fused-ring (bicyclic) bond motifs is 1. The van der Waals surface area contributed by atoms with E-state index in [2.05, 4.69) is 10.2 Å². The molecule has 0 aliphatic heterocycles. The second-order valence-corrected chi connectivity index (χ2v) is 5.98. The molecule has 0 fully saturated rings. The van der Waals surface area contributed by atoms with E-state index in [4.69, 9.17) is 5.73 Å². The Kier molecular flexibility index (Phi) is 3.50. The third-order valence-electron chi connectivity index (χ3n) is 4.19.